The van der Waals surface area contributed by atoms with Gasteiger partial charge >= 0.3 is 0 Å². The molecule has 3 N–H and O–H groups in total. The fraction of sp³-hybridized carbons (Fsp3) is 0. The smallest absolute Gasteiger partial charge is 0.261 e. The summed E-state index contributed by atoms with van der Waals surface area (Å²) in [5, 5.41) is 2.53. The molecule has 1 amide bonds. The Labute approximate surface area is 129 Å². The Bertz CT molecular complexity index is 717. The van der Waals surface area contributed by atoms with Gasteiger partial charge in [0.1, 0.15) is 22.2 Å². The summed E-state index contributed by atoms with van der Waals surface area (Å²) in [5.41, 5.74) is 5.43. The lowest BCUT2D eigenvalue weighted by atomic mass is 10.1. The van der Waals surface area contributed by atoms with Crippen molar-refractivity contribution in [1.82, 2.24) is 0 Å². The number of carbonyl (C=O) groups excluding carboxylic acids is 1. The number of nitrogens with two attached hydrogens (primary N) is 1. The Morgan fingerprint density at radius 2 is 1.81 bits per heavy atom. The fourth-order valence-electron chi connectivity index (χ4n) is 1.67. The summed E-state index contributed by atoms with van der Waals surface area (Å²) in [6.45, 7) is 0. The molecule has 0 spiro atoms. The van der Waals surface area contributed by atoms with Gasteiger partial charge in [-0.15, -0.1) is 0 Å². The van der Waals surface area contributed by atoms with Crippen molar-refractivity contribution in [1.29, 1.82) is 0 Å². The van der Waals surface area contributed by atoms with Gasteiger partial charge in [-0.05, 0) is 24.3 Å². The van der Waals surface area contributed by atoms with Crippen LogP contribution in [0.1, 0.15) is 15.9 Å². The van der Waals surface area contributed by atoms with E-state index in [-0.39, 0.29) is 15.7 Å². The highest BCUT2D eigenvalue weighted by Gasteiger charge is 2.18. The first-order chi connectivity index (χ1) is 9.90. The van der Waals surface area contributed by atoms with Crippen LogP contribution in [0.4, 0.5) is 14.5 Å². The van der Waals surface area contributed by atoms with Crippen molar-refractivity contribution in [2.75, 3.05) is 5.32 Å². The first kappa shape index (κ1) is 15.3. The van der Waals surface area contributed by atoms with Crippen molar-refractivity contribution in [3.63, 3.8) is 0 Å². The first-order valence-corrected chi connectivity index (χ1v) is 6.53. The molecule has 2 rings (SSSR count). The Kier molecular flexibility index (Phi) is 4.50. The van der Waals surface area contributed by atoms with Crippen LogP contribution in [0.5, 0.6) is 0 Å². The van der Waals surface area contributed by atoms with Crippen LogP contribution < -0.4 is 11.1 Å². The minimum absolute atomic E-state index is 0.110. The molecule has 2 aromatic rings. The molecule has 0 aliphatic heterocycles. The molecule has 21 heavy (non-hydrogen) atoms. The molecule has 0 radical (unpaired) electrons. The molecule has 0 aliphatic carbocycles. The SMILES string of the molecule is NC(=S)c1ccc(Cl)c(NC(=O)c2c(F)cccc2F)c1. The zero-order chi connectivity index (χ0) is 15.6. The molecule has 0 atom stereocenters. The van der Waals surface area contributed by atoms with Crippen LogP contribution in [0, 0.1) is 11.6 Å². The molecule has 0 unspecified atom stereocenters. The molecule has 3 nitrogen and oxygen atoms in total. The average Bonchev–Trinajstić information content (AvgIpc) is 2.40. The highest BCUT2D eigenvalue weighted by molar-refractivity contribution is 7.80. The second-order valence-corrected chi connectivity index (χ2v) is 4.96. The predicted octanol–water partition coefficient (Wildman–Crippen LogP) is 3.50. The molecule has 0 aromatic heterocycles. The van der Waals surface area contributed by atoms with Crippen LogP contribution in [0.2, 0.25) is 5.02 Å². The van der Waals surface area contributed by atoms with Gasteiger partial charge in [0, 0.05) is 5.56 Å². The van der Waals surface area contributed by atoms with Crippen LogP contribution in [0.3, 0.4) is 0 Å². The quantitative estimate of drug-likeness (QED) is 0.849. The average molecular weight is 327 g/mol. The third-order valence-corrected chi connectivity index (χ3v) is 3.25. The molecule has 108 valence electrons. The number of anilines is 1. The third kappa shape index (κ3) is 3.34. The van der Waals surface area contributed by atoms with E-state index < -0.39 is 23.1 Å². The lowest BCUT2D eigenvalue weighted by Crippen LogP contribution is -2.17. The van der Waals surface area contributed by atoms with Gasteiger partial charge in [-0.2, -0.15) is 0 Å². The van der Waals surface area contributed by atoms with Crippen LogP contribution in [0.15, 0.2) is 36.4 Å². The molecule has 2 aromatic carbocycles. The maximum atomic E-state index is 13.5. The van der Waals surface area contributed by atoms with Crippen molar-refractivity contribution in [3.05, 3.63) is 64.2 Å². The number of hydrogen-bond donors (Lipinski definition) is 2. The van der Waals surface area contributed by atoms with Crippen LogP contribution >= 0.6 is 23.8 Å². The van der Waals surface area contributed by atoms with Crippen molar-refractivity contribution in [3.8, 4) is 0 Å². The maximum Gasteiger partial charge on any atom is 0.261 e. The zero-order valence-electron chi connectivity index (χ0n) is 10.5. The number of benzene rings is 2. The van der Waals surface area contributed by atoms with Gasteiger partial charge in [0.25, 0.3) is 5.91 Å². The van der Waals surface area contributed by atoms with E-state index in [1.54, 1.807) is 6.07 Å². The van der Waals surface area contributed by atoms with Crippen molar-refractivity contribution >= 4 is 40.4 Å². The summed E-state index contributed by atoms with van der Waals surface area (Å²) in [6.07, 6.45) is 0. The number of halogens is 3. The summed E-state index contributed by atoms with van der Waals surface area (Å²) in [7, 11) is 0. The Morgan fingerprint density at radius 1 is 1.19 bits per heavy atom. The second-order valence-electron chi connectivity index (χ2n) is 4.11. The summed E-state index contributed by atoms with van der Waals surface area (Å²) >= 11 is 10.7. The number of hydrogen-bond acceptors (Lipinski definition) is 2. The third-order valence-electron chi connectivity index (χ3n) is 2.69. The maximum absolute atomic E-state index is 13.5. The van der Waals surface area contributed by atoms with E-state index >= 15 is 0 Å². The Balaban J connectivity index is 2.36. The van der Waals surface area contributed by atoms with Crippen molar-refractivity contribution in [2.24, 2.45) is 5.73 Å². The van der Waals surface area contributed by atoms with Crippen molar-refractivity contribution < 1.29 is 13.6 Å². The highest BCUT2D eigenvalue weighted by atomic mass is 35.5. The van der Waals surface area contributed by atoms with Gasteiger partial charge in [-0.1, -0.05) is 36.0 Å². The second kappa shape index (κ2) is 6.15. The van der Waals surface area contributed by atoms with Crippen LogP contribution in [0.25, 0.3) is 0 Å². The summed E-state index contributed by atoms with van der Waals surface area (Å²) in [5.74, 6) is -2.88. The van der Waals surface area contributed by atoms with Gasteiger partial charge in [-0.3, -0.25) is 4.79 Å². The molecule has 0 saturated carbocycles. The summed E-state index contributed by atoms with van der Waals surface area (Å²) in [4.78, 5) is 12.1. The molecular weight excluding hydrogens is 318 g/mol. The lowest BCUT2D eigenvalue weighted by molar-refractivity contribution is 0.101. The standard InChI is InChI=1S/C14H9ClF2N2OS/c15-8-5-4-7(13(18)21)6-11(8)19-14(20)12-9(16)2-1-3-10(12)17/h1-6H,(H2,18,21)(H,19,20). The minimum atomic E-state index is -0.964. The molecular formula is C14H9ClF2N2OS. The largest absolute Gasteiger partial charge is 0.389 e. The van der Waals surface area contributed by atoms with E-state index in [0.29, 0.717) is 5.56 Å². The van der Waals surface area contributed by atoms with Crippen LogP contribution in [-0.2, 0) is 0 Å². The topological polar surface area (TPSA) is 55.1 Å². The molecule has 0 fully saturated rings. The van der Waals surface area contributed by atoms with Crippen molar-refractivity contribution in [2.45, 2.75) is 0 Å². The van der Waals surface area contributed by atoms with Gasteiger partial charge < -0.3 is 11.1 Å². The van der Waals surface area contributed by atoms with Gasteiger partial charge in [0.05, 0.1) is 10.7 Å². The summed E-state index contributed by atoms with van der Waals surface area (Å²) in [6, 6.07) is 7.63. The number of carbonyl (C=O) groups is 1. The van der Waals surface area contributed by atoms with E-state index in [1.807, 2.05) is 0 Å². The van der Waals surface area contributed by atoms with Gasteiger partial charge in [-0.25, -0.2) is 8.78 Å². The highest BCUT2D eigenvalue weighted by Crippen LogP contribution is 2.24. The first-order valence-electron chi connectivity index (χ1n) is 5.75. The molecule has 0 aliphatic rings. The van der Waals surface area contributed by atoms with Gasteiger partial charge in [0.2, 0.25) is 0 Å². The Morgan fingerprint density at radius 3 is 2.38 bits per heavy atom. The molecule has 7 heteroatoms. The number of rotatable bonds is 3. The fourth-order valence-corrected chi connectivity index (χ4v) is 1.97. The van der Waals surface area contributed by atoms with E-state index in [2.05, 4.69) is 5.32 Å². The predicted molar refractivity (Wildman–Crippen MR) is 81.7 cm³/mol. The van der Waals surface area contributed by atoms with E-state index in [0.717, 1.165) is 12.1 Å². The number of nitrogens with one attached hydrogen (secondary N) is 1. The summed E-state index contributed by atoms with van der Waals surface area (Å²) < 4.78 is 27.1. The number of thiocarbonyl (C=S) groups is 1. The molecule has 0 saturated heterocycles. The zero-order valence-corrected chi connectivity index (χ0v) is 12.1. The monoisotopic (exact) mass is 326 g/mol. The molecule has 0 bridgehead atoms. The minimum Gasteiger partial charge on any atom is -0.389 e. The number of amides is 1. The van der Waals surface area contributed by atoms with E-state index in [1.165, 1.54) is 18.2 Å². The van der Waals surface area contributed by atoms with E-state index in [9.17, 15) is 13.6 Å². The molecule has 0 heterocycles. The Hall–Kier alpha value is -2.05. The lowest BCUT2D eigenvalue weighted by Gasteiger charge is -2.10. The van der Waals surface area contributed by atoms with E-state index in [4.69, 9.17) is 29.6 Å². The van der Waals surface area contributed by atoms with Crippen LogP contribution in [-0.4, -0.2) is 10.9 Å². The normalized spacial score (nSPS) is 10.2. The van der Waals surface area contributed by atoms with Gasteiger partial charge in [0.15, 0.2) is 0 Å².